The number of nitrogens with zero attached hydrogens (tertiary/aromatic N) is 1. The normalized spacial score (nSPS) is 15.4. The number of aryl methyl sites for hydroxylation is 2. The zero-order valence-corrected chi connectivity index (χ0v) is 14.4. The molecule has 0 spiro atoms. The molecule has 1 saturated heterocycles. The molecular weight excluding hydrogens is 290 g/mol. The fraction of sp³-hybridized carbons (Fsp3) is 0.611. The standard InChI is InChI=1S/C18H29N3O2/c1-3-15-7-5-8-16(4-2)17(15)20-18(22)19-9-6-10-21-11-13-23-14-12-21/h5,7-8H,3-4,6,9-14H2,1-2H3,(H2,19,20,22). The van der Waals surface area contributed by atoms with Crippen LogP contribution < -0.4 is 10.6 Å². The quantitative estimate of drug-likeness (QED) is 0.760. The summed E-state index contributed by atoms with van der Waals surface area (Å²) in [5.41, 5.74) is 3.35. The van der Waals surface area contributed by atoms with E-state index in [1.54, 1.807) is 0 Å². The van der Waals surface area contributed by atoms with Gasteiger partial charge in [-0.05, 0) is 36.9 Å². The molecule has 2 amide bonds. The summed E-state index contributed by atoms with van der Waals surface area (Å²) in [5, 5.41) is 6.00. The fourth-order valence-corrected chi connectivity index (χ4v) is 2.89. The Balaban J connectivity index is 1.76. The third kappa shape index (κ3) is 5.52. The lowest BCUT2D eigenvalue weighted by Crippen LogP contribution is -2.38. The maximum absolute atomic E-state index is 12.1. The van der Waals surface area contributed by atoms with Crippen molar-refractivity contribution in [2.24, 2.45) is 0 Å². The van der Waals surface area contributed by atoms with Gasteiger partial charge in [0.1, 0.15) is 0 Å². The lowest BCUT2D eigenvalue weighted by Gasteiger charge is -2.26. The Morgan fingerprint density at radius 2 is 1.83 bits per heavy atom. The second kappa shape index (κ2) is 9.53. The summed E-state index contributed by atoms with van der Waals surface area (Å²) in [6.45, 7) is 9.56. The number of hydrogen-bond donors (Lipinski definition) is 2. The molecule has 1 aromatic carbocycles. The molecule has 0 aliphatic carbocycles. The van der Waals surface area contributed by atoms with Gasteiger partial charge in [0.2, 0.25) is 0 Å². The Morgan fingerprint density at radius 1 is 1.17 bits per heavy atom. The van der Waals surface area contributed by atoms with Crippen LogP contribution in [-0.4, -0.2) is 50.3 Å². The first-order chi connectivity index (χ1) is 11.2. The van der Waals surface area contributed by atoms with Gasteiger partial charge in [-0.1, -0.05) is 32.0 Å². The molecular formula is C18H29N3O2. The summed E-state index contributed by atoms with van der Waals surface area (Å²) < 4.78 is 5.33. The predicted octanol–water partition coefficient (Wildman–Crippen LogP) is 2.66. The molecule has 1 aliphatic rings. The summed E-state index contributed by atoms with van der Waals surface area (Å²) in [4.78, 5) is 14.5. The van der Waals surface area contributed by atoms with E-state index in [1.807, 2.05) is 0 Å². The molecule has 1 heterocycles. The number of urea groups is 1. The van der Waals surface area contributed by atoms with E-state index in [4.69, 9.17) is 4.74 Å². The van der Waals surface area contributed by atoms with Gasteiger partial charge < -0.3 is 15.4 Å². The van der Waals surface area contributed by atoms with Gasteiger partial charge in [-0.3, -0.25) is 4.90 Å². The highest BCUT2D eigenvalue weighted by Gasteiger charge is 2.11. The molecule has 0 unspecified atom stereocenters. The van der Waals surface area contributed by atoms with Crippen LogP contribution in [0.5, 0.6) is 0 Å². The summed E-state index contributed by atoms with van der Waals surface area (Å²) >= 11 is 0. The Labute approximate surface area is 139 Å². The van der Waals surface area contributed by atoms with Crippen molar-refractivity contribution in [1.82, 2.24) is 10.2 Å². The molecule has 0 aromatic heterocycles. The molecule has 23 heavy (non-hydrogen) atoms. The number of amides is 2. The SMILES string of the molecule is CCc1cccc(CC)c1NC(=O)NCCCN1CCOCC1. The Morgan fingerprint density at radius 3 is 2.43 bits per heavy atom. The summed E-state index contributed by atoms with van der Waals surface area (Å²) in [6.07, 6.45) is 2.80. The van der Waals surface area contributed by atoms with E-state index in [0.29, 0.717) is 6.54 Å². The van der Waals surface area contributed by atoms with E-state index in [1.165, 1.54) is 11.1 Å². The van der Waals surface area contributed by atoms with Crippen LogP contribution in [0.3, 0.4) is 0 Å². The third-order valence-electron chi connectivity index (χ3n) is 4.28. The molecule has 0 bridgehead atoms. The van der Waals surface area contributed by atoms with Gasteiger partial charge in [-0.2, -0.15) is 0 Å². The molecule has 0 radical (unpaired) electrons. The fourth-order valence-electron chi connectivity index (χ4n) is 2.89. The minimum Gasteiger partial charge on any atom is -0.379 e. The third-order valence-corrected chi connectivity index (χ3v) is 4.28. The number of morpholine rings is 1. The molecule has 1 fully saturated rings. The molecule has 2 rings (SSSR count). The highest BCUT2D eigenvalue weighted by molar-refractivity contribution is 5.91. The monoisotopic (exact) mass is 319 g/mol. The number of carbonyl (C=O) groups is 1. The first-order valence-corrected chi connectivity index (χ1v) is 8.70. The Hall–Kier alpha value is -1.59. The van der Waals surface area contributed by atoms with Gasteiger partial charge in [-0.25, -0.2) is 4.79 Å². The number of rotatable bonds is 7. The molecule has 1 aliphatic heterocycles. The van der Waals surface area contributed by atoms with Crippen molar-refractivity contribution in [2.45, 2.75) is 33.1 Å². The average molecular weight is 319 g/mol. The van der Waals surface area contributed by atoms with Crippen molar-refractivity contribution in [2.75, 3.05) is 44.7 Å². The predicted molar refractivity (Wildman–Crippen MR) is 94.1 cm³/mol. The molecule has 2 N–H and O–H groups in total. The van der Waals surface area contributed by atoms with Crippen molar-refractivity contribution < 1.29 is 9.53 Å². The Bertz CT molecular complexity index is 477. The van der Waals surface area contributed by atoms with E-state index >= 15 is 0 Å². The number of carbonyl (C=O) groups excluding carboxylic acids is 1. The van der Waals surface area contributed by atoms with Crippen LogP contribution in [0, 0.1) is 0 Å². The first kappa shape index (κ1) is 17.8. The van der Waals surface area contributed by atoms with Gasteiger partial charge in [0, 0.05) is 25.3 Å². The topological polar surface area (TPSA) is 53.6 Å². The lowest BCUT2D eigenvalue weighted by atomic mass is 10.0. The smallest absolute Gasteiger partial charge is 0.319 e. The summed E-state index contributed by atoms with van der Waals surface area (Å²) in [5.74, 6) is 0. The molecule has 0 atom stereocenters. The van der Waals surface area contributed by atoms with Gasteiger partial charge in [0.25, 0.3) is 0 Å². The van der Waals surface area contributed by atoms with Crippen LogP contribution in [0.15, 0.2) is 18.2 Å². The maximum Gasteiger partial charge on any atom is 0.319 e. The lowest BCUT2D eigenvalue weighted by molar-refractivity contribution is 0.0375. The molecule has 5 heteroatoms. The van der Waals surface area contributed by atoms with E-state index < -0.39 is 0 Å². The summed E-state index contributed by atoms with van der Waals surface area (Å²) in [7, 11) is 0. The van der Waals surface area contributed by atoms with Crippen molar-refractivity contribution in [3.8, 4) is 0 Å². The second-order valence-electron chi connectivity index (χ2n) is 5.85. The number of para-hydroxylation sites is 1. The zero-order valence-electron chi connectivity index (χ0n) is 14.4. The minimum atomic E-state index is -0.109. The number of anilines is 1. The zero-order chi connectivity index (χ0) is 16.5. The largest absolute Gasteiger partial charge is 0.379 e. The van der Waals surface area contributed by atoms with Crippen molar-refractivity contribution >= 4 is 11.7 Å². The highest BCUT2D eigenvalue weighted by atomic mass is 16.5. The van der Waals surface area contributed by atoms with Crippen LogP contribution in [-0.2, 0) is 17.6 Å². The van der Waals surface area contributed by atoms with Crippen molar-refractivity contribution in [3.05, 3.63) is 29.3 Å². The van der Waals surface area contributed by atoms with Gasteiger partial charge in [-0.15, -0.1) is 0 Å². The number of hydrogen-bond acceptors (Lipinski definition) is 3. The number of nitrogens with one attached hydrogen (secondary N) is 2. The second-order valence-corrected chi connectivity index (χ2v) is 5.85. The van der Waals surface area contributed by atoms with Crippen LogP contribution in [0.4, 0.5) is 10.5 Å². The van der Waals surface area contributed by atoms with E-state index in [0.717, 1.165) is 57.8 Å². The van der Waals surface area contributed by atoms with Crippen LogP contribution >= 0.6 is 0 Å². The first-order valence-electron chi connectivity index (χ1n) is 8.70. The highest BCUT2D eigenvalue weighted by Crippen LogP contribution is 2.22. The molecule has 5 nitrogen and oxygen atoms in total. The maximum atomic E-state index is 12.1. The molecule has 1 aromatic rings. The Kier molecular flexibility index (Phi) is 7.36. The van der Waals surface area contributed by atoms with Crippen molar-refractivity contribution in [1.29, 1.82) is 0 Å². The van der Waals surface area contributed by atoms with E-state index in [9.17, 15) is 4.79 Å². The van der Waals surface area contributed by atoms with Crippen LogP contribution in [0.25, 0.3) is 0 Å². The van der Waals surface area contributed by atoms with Gasteiger partial charge in [0.05, 0.1) is 13.2 Å². The minimum absolute atomic E-state index is 0.109. The van der Waals surface area contributed by atoms with E-state index in [-0.39, 0.29) is 6.03 Å². The summed E-state index contributed by atoms with van der Waals surface area (Å²) in [6, 6.07) is 6.10. The van der Waals surface area contributed by atoms with Crippen LogP contribution in [0.2, 0.25) is 0 Å². The number of benzene rings is 1. The van der Waals surface area contributed by atoms with E-state index in [2.05, 4.69) is 47.6 Å². The number of ether oxygens (including phenoxy) is 1. The molecule has 128 valence electrons. The molecule has 0 saturated carbocycles. The average Bonchev–Trinajstić information content (AvgIpc) is 2.60. The van der Waals surface area contributed by atoms with Crippen LogP contribution in [0.1, 0.15) is 31.4 Å². The van der Waals surface area contributed by atoms with Crippen molar-refractivity contribution in [3.63, 3.8) is 0 Å². The van der Waals surface area contributed by atoms with Gasteiger partial charge in [0.15, 0.2) is 0 Å². The van der Waals surface area contributed by atoms with Gasteiger partial charge >= 0.3 is 6.03 Å².